The van der Waals surface area contributed by atoms with Gasteiger partial charge in [0.25, 0.3) is 0 Å². The van der Waals surface area contributed by atoms with Crippen molar-refractivity contribution in [3.05, 3.63) is 47.8 Å². The number of allylic oxidation sites excluding steroid dienone is 1. The molecule has 0 aliphatic rings. The lowest BCUT2D eigenvalue weighted by Gasteiger charge is -2.10. The van der Waals surface area contributed by atoms with Gasteiger partial charge < -0.3 is 14.6 Å². The number of hydrogen-bond acceptors (Lipinski definition) is 5. The number of aromatic nitrogens is 3. The summed E-state index contributed by atoms with van der Waals surface area (Å²) in [6.45, 7) is 6.41. The molecule has 2 rings (SSSR count). The van der Waals surface area contributed by atoms with Gasteiger partial charge in [-0.25, -0.2) is 4.68 Å². The summed E-state index contributed by atoms with van der Waals surface area (Å²) in [4.78, 5) is 0. The molecule has 0 unspecified atom stereocenters. The Morgan fingerprint density at radius 1 is 1.38 bits per heavy atom. The molecule has 0 saturated heterocycles. The minimum Gasteiger partial charge on any atom is -0.497 e. The fourth-order valence-corrected chi connectivity index (χ4v) is 1.87. The van der Waals surface area contributed by atoms with E-state index < -0.39 is 0 Å². The summed E-state index contributed by atoms with van der Waals surface area (Å²) in [6.07, 6.45) is 0. The van der Waals surface area contributed by atoms with Gasteiger partial charge in [-0.15, -0.1) is 5.10 Å². The van der Waals surface area contributed by atoms with Crippen molar-refractivity contribution in [2.75, 3.05) is 7.11 Å². The molecule has 0 atom stereocenters. The molecule has 1 aromatic heterocycles. The Morgan fingerprint density at radius 2 is 2.14 bits per heavy atom. The maximum absolute atomic E-state index is 9.33. The van der Waals surface area contributed by atoms with E-state index in [-0.39, 0.29) is 13.2 Å². The quantitative estimate of drug-likeness (QED) is 0.789. The molecule has 0 spiro atoms. The van der Waals surface area contributed by atoms with E-state index in [9.17, 15) is 5.11 Å². The molecule has 1 N–H and O–H groups in total. The Labute approximate surface area is 123 Å². The molecule has 6 nitrogen and oxygen atoms in total. The standard InChI is InChI=1S/C15H19N3O3/c1-11(2)8-18-15(14(9-19)16-17-18)10-21-13-6-4-5-12(7-13)20-3/h4-7,19H,1,8-10H2,2-3H3. The molecule has 2 aromatic rings. The van der Waals surface area contributed by atoms with Crippen molar-refractivity contribution in [3.8, 4) is 11.5 Å². The number of methoxy groups -OCH3 is 1. The second-order valence-electron chi connectivity index (χ2n) is 4.72. The smallest absolute Gasteiger partial charge is 0.132 e. The van der Waals surface area contributed by atoms with Crippen LogP contribution in [-0.2, 0) is 19.8 Å². The van der Waals surface area contributed by atoms with E-state index in [1.54, 1.807) is 17.9 Å². The lowest BCUT2D eigenvalue weighted by molar-refractivity contribution is 0.261. The monoisotopic (exact) mass is 289 g/mol. The highest BCUT2D eigenvalue weighted by atomic mass is 16.5. The van der Waals surface area contributed by atoms with Gasteiger partial charge >= 0.3 is 0 Å². The largest absolute Gasteiger partial charge is 0.497 e. The zero-order valence-corrected chi connectivity index (χ0v) is 12.2. The first-order valence-electron chi connectivity index (χ1n) is 6.57. The number of rotatable bonds is 7. The molecule has 1 aromatic carbocycles. The SMILES string of the molecule is C=C(C)Cn1nnc(CO)c1COc1cccc(OC)c1. The Bertz CT molecular complexity index is 622. The van der Waals surface area contributed by atoms with Crippen LogP contribution < -0.4 is 9.47 Å². The number of nitrogens with zero attached hydrogens (tertiary/aromatic N) is 3. The van der Waals surface area contributed by atoms with Gasteiger partial charge in [0.2, 0.25) is 0 Å². The van der Waals surface area contributed by atoms with Crippen LogP contribution in [0.3, 0.4) is 0 Å². The molecule has 0 amide bonds. The topological polar surface area (TPSA) is 69.4 Å². The number of aliphatic hydroxyl groups is 1. The average molecular weight is 289 g/mol. The Kier molecular flexibility index (Phi) is 4.94. The molecule has 6 heteroatoms. The minimum atomic E-state index is -0.174. The molecule has 0 aliphatic carbocycles. The van der Waals surface area contributed by atoms with Crippen LogP contribution in [-0.4, -0.2) is 27.2 Å². The molecule has 21 heavy (non-hydrogen) atoms. The van der Waals surface area contributed by atoms with Crippen molar-refractivity contribution in [1.29, 1.82) is 0 Å². The van der Waals surface area contributed by atoms with Gasteiger partial charge in [0.15, 0.2) is 0 Å². The average Bonchev–Trinajstić information content (AvgIpc) is 2.86. The normalized spacial score (nSPS) is 10.4. The fraction of sp³-hybridized carbons (Fsp3) is 0.333. The van der Waals surface area contributed by atoms with E-state index in [1.165, 1.54) is 0 Å². The predicted molar refractivity (Wildman–Crippen MR) is 78.1 cm³/mol. The summed E-state index contributed by atoms with van der Waals surface area (Å²) >= 11 is 0. The summed E-state index contributed by atoms with van der Waals surface area (Å²) in [6, 6.07) is 7.34. The zero-order chi connectivity index (χ0) is 15.2. The van der Waals surface area contributed by atoms with E-state index in [0.717, 1.165) is 17.0 Å². The lowest BCUT2D eigenvalue weighted by Crippen LogP contribution is -2.10. The predicted octanol–water partition coefficient (Wildman–Crippen LogP) is 1.93. The van der Waals surface area contributed by atoms with Crippen LogP contribution in [0.2, 0.25) is 0 Å². The van der Waals surface area contributed by atoms with Gasteiger partial charge in [-0.1, -0.05) is 23.4 Å². The molecule has 0 aliphatic heterocycles. The van der Waals surface area contributed by atoms with Gasteiger partial charge in [-0.3, -0.25) is 0 Å². The Hall–Kier alpha value is -2.34. The molecule has 0 saturated carbocycles. The zero-order valence-electron chi connectivity index (χ0n) is 12.2. The van der Waals surface area contributed by atoms with Crippen molar-refractivity contribution in [3.63, 3.8) is 0 Å². The van der Waals surface area contributed by atoms with Crippen LogP contribution in [0, 0.1) is 0 Å². The van der Waals surface area contributed by atoms with E-state index in [0.29, 0.717) is 18.0 Å². The van der Waals surface area contributed by atoms with Gasteiger partial charge in [-0.2, -0.15) is 0 Å². The summed E-state index contributed by atoms with van der Waals surface area (Å²) in [5.74, 6) is 1.41. The highest BCUT2D eigenvalue weighted by molar-refractivity contribution is 5.33. The Morgan fingerprint density at radius 3 is 2.81 bits per heavy atom. The number of aliphatic hydroxyl groups excluding tert-OH is 1. The second-order valence-corrected chi connectivity index (χ2v) is 4.72. The third-order valence-corrected chi connectivity index (χ3v) is 2.90. The van der Waals surface area contributed by atoms with Crippen LogP contribution in [0.4, 0.5) is 0 Å². The summed E-state index contributed by atoms with van der Waals surface area (Å²) < 4.78 is 12.6. The first-order valence-corrected chi connectivity index (χ1v) is 6.57. The minimum absolute atomic E-state index is 0.174. The number of hydrogen-bond donors (Lipinski definition) is 1. The molecular formula is C15H19N3O3. The Balaban J connectivity index is 2.14. The van der Waals surface area contributed by atoms with Crippen LogP contribution in [0.25, 0.3) is 0 Å². The highest BCUT2D eigenvalue weighted by Crippen LogP contribution is 2.20. The summed E-state index contributed by atoms with van der Waals surface area (Å²) in [7, 11) is 1.61. The van der Waals surface area contributed by atoms with Gasteiger partial charge in [-0.05, 0) is 19.1 Å². The van der Waals surface area contributed by atoms with E-state index in [4.69, 9.17) is 9.47 Å². The molecule has 0 fully saturated rings. The maximum Gasteiger partial charge on any atom is 0.132 e. The lowest BCUT2D eigenvalue weighted by atomic mass is 10.3. The van der Waals surface area contributed by atoms with E-state index in [1.807, 2.05) is 25.1 Å². The number of benzene rings is 1. The number of ether oxygens (including phenoxy) is 2. The van der Waals surface area contributed by atoms with Gasteiger partial charge in [0, 0.05) is 6.07 Å². The van der Waals surface area contributed by atoms with Gasteiger partial charge in [0.05, 0.1) is 20.3 Å². The van der Waals surface area contributed by atoms with Gasteiger partial charge in [0.1, 0.15) is 29.5 Å². The van der Waals surface area contributed by atoms with E-state index in [2.05, 4.69) is 16.9 Å². The molecule has 112 valence electrons. The van der Waals surface area contributed by atoms with Crippen molar-refractivity contribution < 1.29 is 14.6 Å². The van der Waals surface area contributed by atoms with Crippen LogP contribution in [0.5, 0.6) is 11.5 Å². The van der Waals surface area contributed by atoms with Crippen LogP contribution in [0.1, 0.15) is 18.3 Å². The first-order chi connectivity index (χ1) is 10.1. The van der Waals surface area contributed by atoms with Crippen molar-refractivity contribution in [2.45, 2.75) is 26.7 Å². The third kappa shape index (κ3) is 3.82. The fourth-order valence-electron chi connectivity index (χ4n) is 1.87. The first kappa shape index (κ1) is 15.1. The van der Waals surface area contributed by atoms with Crippen molar-refractivity contribution in [2.24, 2.45) is 0 Å². The van der Waals surface area contributed by atoms with Crippen LogP contribution in [0.15, 0.2) is 36.4 Å². The van der Waals surface area contributed by atoms with Crippen LogP contribution >= 0.6 is 0 Å². The molecule has 0 radical (unpaired) electrons. The molecule has 1 heterocycles. The summed E-state index contributed by atoms with van der Waals surface area (Å²) in [5, 5.41) is 17.3. The highest BCUT2D eigenvalue weighted by Gasteiger charge is 2.13. The van der Waals surface area contributed by atoms with E-state index >= 15 is 0 Å². The maximum atomic E-state index is 9.33. The third-order valence-electron chi connectivity index (χ3n) is 2.90. The molecule has 0 bridgehead atoms. The summed E-state index contributed by atoms with van der Waals surface area (Å²) in [5.41, 5.74) is 2.20. The second kappa shape index (κ2) is 6.90. The van der Waals surface area contributed by atoms with Crippen molar-refractivity contribution in [1.82, 2.24) is 15.0 Å². The molecular weight excluding hydrogens is 270 g/mol. The van der Waals surface area contributed by atoms with Crippen molar-refractivity contribution >= 4 is 0 Å².